The Hall–Kier alpha value is -2.24. The van der Waals surface area contributed by atoms with Crippen molar-refractivity contribution in [3.05, 3.63) is 35.6 Å². The fourth-order valence-corrected chi connectivity index (χ4v) is 4.17. The number of hydroxylamine groups is 2. The van der Waals surface area contributed by atoms with Gasteiger partial charge in [0.1, 0.15) is 5.82 Å². The number of carbonyl (C=O) groups is 2. The van der Waals surface area contributed by atoms with Crippen molar-refractivity contribution >= 4 is 11.9 Å². The van der Waals surface area contributed by atoms with Crippen LogP contribution in [0.15, 0.2) is 24.3 Å². The number of hydrogen-bond donors (Lipinski definition) is 1. The molecule has 1 N–H and O–H groups in total. The molecule has 3 aliphatic rings. The van der Waals surface area contributed by atoms with Crippen molar-refractivity contribution in [3.63, 3.8) is 0 Å². The standard InChI is InChI=1S/C19H25FN2O3.C2HF3O2/c20-17-6-2-1-5-14(17)11-21-12-15-9-16(25-18(15)13-21)10-19(23)22-7-3-4-8-24-22;3-2(4,5)1(6)7/h1-2,5-6,15-16,18H,3-4,7-13H2;(H,6,7)/t15-,16+,18+;/m0./s1. The number of likely N-dealkylation sites (tertiary alicyclic amines) is 1. The first kappa shape index (κ1) is 24.4. The Kier molecular flexibility index (Phi) is 8.07. The maximum absolute atomic E-state index is 13.8. The minimum Gasteiger partial charge on any atom is -0.475 e. The molecule has 0 saturated carbocycles. The number of ether oxygens (including phenoxy) is 1. The van der Waals surface area contributed by atoms with Crippen LogP contribution in [0.2, 0.25) is 0 Å². The zero-order valence-electron chi connectivity index (χ0n) is 17.4. The van der Waals surface area contributed by atoms with Gasteiger partial charge in [-0.15, -0.1) is 0 Å². The normalized spacial score (nSPS) is 25.8. The lowest BCUT2D eigenvalue weighted by atomic mass is 10.0. The van der Waals surface area contributed by atoms with Crippen molar-refractivity contribution in [2.75, 3.05) is 26.2 Å². The van der Waals surface area contributed by atoms with Crippen LogP contribution in [-0.2, 0) is 25.7 Å². The van der Waals surface area contributed by atoms with E-state index >= 15 is 0 Å². The summed E-state index contributed by atoms with van der Waals surface area (Å²) in [6.45, 7) is 3.66. The minimum absolute atomic E-state index is 0.0105. The molecule has 0 radical (unpaired) electrons. The monoisotopic (exact) mass is 462 g/mol. The van der Waals surface area contributed by atoms with Crippen molar-refractivity contribution in [1.82, 2.24) is 9.96 Å². The number of benzene rings is 1. The first-order valence-electron chi connectivity index (χ1n) is 10.5. The van der Waals surface area contributed by atoms with Crippen LogP contribution in [0.1, 0.15) is 31.2 Å². The summed E-state index contributed by atoms with van der Waals surface area (Å²) < 4.78 is 51.6. The van der Waals surface area contributed by atoms with E-state index in [2.05, 4.69) is 4.90 Å². The van der Waals surface area contributed by atoms with E-state index in [1.807, 2.05) is 12.1 Å². The molecular formula is C21H26F4N2O5. The van der Waals surface area contributed by atoms with Crippen LogP contribution in [0, 0.1) is 11.7 Å². The van der Waals surface area contributed by atoms with E-state index < -0.39 is 12.1 Å². The predicted octanol–water partition coefficient (Wildman–Crippen LogP) is 2.99. The number of nitrogens with zero attached hydrogens (tertiary/aromatic N) is 2. The smallest absolute Gasteiger partial charge is 0.475 e. The molecule has 1 aromatic carbocycles. The molecule has 0 unspecified atom stereocenters. The van der Waals surface area contributed by atoms with Gasteiger partial charge in [-0.2, -0.15) is 13.2 Å². The Balaban J connectivity index is 0.000000360. The fraction of sp³-hybridized carbons (Fsp3) is 0.619. The van der Waals surface area contributed by atoms with Crippen LogP contribution in [0.5, 0.6) is 0 Å². The SMILES string of the molecule is O=C(C[C@H]1C[C@H]2CN(Cc3ccccc3F)C[C@H]2O1)N1CCCCO1.O=C(O)C(F)(F)F. The van der Waals surface area contributed by atoms with Gasteiger partial charge in [0.25, 0.3) is 0 Å². The third kappa shape index (κ3) is 6.63. The molecule has 32 heavy (non-hydrogen) atoms. The van der Waals surface area contributed by atoms with Gasteiger partial charge in [-0.1, -0.05) is 18.2 Å². The Bertz CT molecular complexity index is 787. The van der Waals surface area contributed by atoms with Gasteiger partial charge in [-0.25, -0.2) is 14.2 Å². The topological polar surface area (TPSA) is 79.3 Å². The highest BCUT2D eigenvalue weighted by Crippen LogP contribution is 2.35. The number of halogens is 4. The Labute approximate surface area is 182 Å². The van der Waals surface area contributed by atoms with E-state index in [1.165, 1.54) is 11.1 Å². The van der Waals surface area contributed by atoms with Crippen LogP contribution in [0.4, 0.5) is 17.6 Å². The summed E-state index contributed by atoms with van der Waals surface area (Å²) >= 11 is 0. The maximum atomic E-state index is 13.8. The first-order valence-corrected chi connectivity index (χ1v) is 10.5. The van der Waals surface area contributed by atoms with Gasteiger partial charge in [-0.05, 0) is 25.3 Å². The molecule has 4 rings (SSSR count). The number of carbonyl (C=O) groups excluding carboxylic acids is 1. The van der Waals surface area contributed by atoms with Gasteiger partial charge in [0.15, 0.2) is 0 Å². The largest absolute Gasteiger partial charge is 0.490 e. The number of hydrogen-bond acceptors (Lipinski definition) is 5. The lowest BCUT2D eigenvalue weighted by Crippen LogP contribution is -2.37. The van der Waals surface area contributed by atoms with E-state index in [0.717, 1.165) is 37.9 Å². The van der Waals surface area contributed by atoms with Gasteiger partial charge in [0.05, 0.1) is 25.2 Å². The second kappa shape index (κ2) is 10.6. The Morgan fingerprint density at radius 3 is 2.47 bits per heavy atom. The molecule has 3 atom stereocenters. The highest BCUT2D eigenvalue weighted by molar-refractivity contribution is 5.75. The van der Waals surface area contributed by atoms with Crippen molar-refractivity contribution < 1.29 is 41.8 Å². The lowest BCUT2D eigenvalue weighted by molar-refractivity contribution is -0.199. The van der Waals surface area contributed by atoms with Gasteiger partial charge >= 0.3 is 12.1 Å². The average Bonchev–Trinajstić information content (AvgIpc) is 3.28. The molecular weight excluding hydrogens is 436 g/mol. The molecule has 0 aromatic heterocycles. The molecule has 3 fully saturated rings. The number of aliphatic carboxylic acids is 1. The average molecular weight is 462 g/mol. The summed E-state index contributed by atoms with van der Waals surface area (Å²) in [5, 5.41) is 8.63. The second-order valence-electron chi connectivity index (χ2n) is 8.12. The summed E-state index contributed by atoms with van der Waals surface area (Å²) in [4.78, 5) is 28.9. The summed E-state index contributed by atoms with van der Waals surface area (Å²) in [5.74, 6) is -2.43. The molecule has 7 nitrogen and oxygen atoms in total. The van der Waals surface area contributed by atoms with Gasteiger partial charge in [-0.3, -0.25) is 14.5 Å². The third-order valence-corrected chi connectivity index (χ3v) is 5.67. The Morgan fingerprint density at radius 2 is 1.88 bits per heavy atom. The number of rotatable bonds is 4. The highest BCUT2D eigenvalue weighted by atomic mass is 19.4. The second-order valence-corrected chi connectivity index (χ2v) is 8.12. The maximum Gasteiger partial charge on any atom is 0.490 e. The van der Waals surface area contributed by atoms with Gasteiger partial charge in [0.2, 0.25) is 5.91 Å². The molecule has 0 bridgehead atoms. The highest BCUT2D eigenvalue weighted by Gasteiger charge is 2.43. The lowest BCUT2D eigenvalue weighted by Gasteiger charge is -2.27. The summed E-state index contributed by atoms with van der Waals surface area (Å²) in [6, 6.07) is 6.93. The van der Waals surface area contributed by atoms with Crippen molar-refractivity contribution in [1.29, 1.82) is 0 Å². The van der Waals surface area contributed by atoms with Crippen molar-refractivity contribution in [2.45, 2.75) is 50.6 Å². The first-order chi connectivity index (χ1) is 15.1. The van der Waals surface area contributed by atoms with Crippen LogP contribution in [0.25, 0.3) is 0 Å². The molecule has 3 saturated heterocycles. The molecule has 3 aliphatic heterocycles. The van der Waals surface area contributed by atoms with Crippen LogP contribution < -0.4 is 0 Å². The van der Waals surface area contributed by atoms with Crippen LogP contribution in [-0.4, -0.2) is 71.6 Å². The number of carboxylic acids is 1. The third-order valence-electron chi connectivity index (χ3n) is 5.67. The van der Waals surface area contributed by atoms with Gasteiger partial charge in [0, 0.05) is 37.7 Å². The number of fused-ring (bicyclic) bond motifs is 1. The molecule has 1 aromatic rings. The zero-order chi connectivity index (χ0) is 23.3. The van der Waals surface area contributed by atoms with Crippen molar-refractivity contribution in [2.24, 2.45) is 5.92 Å². The number of carboxylic acid groups (broad SMARTS) is 1. The Morgan fingerprint density at radius 1 is 1.16 bits per heavy atom. The molecule has 0 aliphatic carbocycles. The van der Waals surface area contributed by atoms with E-state index in [1.54, 1.807) is 6.07 Å². The van der Waals surface area contributed by atoms with E-state index in [9.17, 15) is 22.4 Å². The summed E-state index contributed by atoms with van der Waals surface area (Å²) in [7, 11) is 0. The molecule has 178 valence electrons. The van der Waals surface area contributed by atoms with Gasteiger partial charge < -0.3 is 9.84 Å². The van der Waals surface area contributed by atoms with Crippen molar-refractivity contribution in [3.8, 4) is 0 Å². The molecule has 0 spiro atoms. The minimum atomic E-state index is -5.08. The van der Waals surface area contributed by atoms with E-state index in [-0.39, 0.29) is 23.9 Å². The zero-order valence-corrected chi connectivity index (χ0v) is 17.4. The predicted molar refractivity (Wildman–Crippen MR) is 104 cm³/mol. The molecule has 1 amide bonds. The van der Waals surface area contributed by atoms with Crippen LogP contribution in [0.3, 0.4) is 0 Å². The molecule has 3 heterocycles. The summed E-state index contributed by atoms with van der Waals surface area (Å²) in [6.07, 6.45) is -1.60. The van der Waals surface area contributed by atoms with E-state index in [4.69, 9.17) is 19.5 Å². The molecule has 11 heteroatoms. The number of alkyl halides is 3. The summed E-state index contributed by atoms with van der Waals surface area (Å²) in [5.41, 5.74) is 0.733. The quantitative estimate of drug-likeness (QED) is 0.694. The fourth-order valence-electron chi connectivity index (χ4n) is 4.17. The number of amides is 1. The van der Waals surface area contributed by atoms with Crippen LogP contribution >= 0.6 is 0 Å². The van der Waals surface area contributed by atoms with E-state index in [0.29, 0.717) is 32.0 Å².